The molecule has 0 aliphatic rings. The van der Waals surface area contributed by atoms with E-state index in [0.717, 1.165) is 22.8 Å². The molecule has 0 saturated heterocycles. The monoisotopic (exact) mass is 465 g/mol. The van der Waals surface area contributed by atoms with Crippen LogP contribution in [0.3, 0.4) is 0 Å². The van der Waals surface area contributed by atoms with Crippen LogP contribution in [0.2, 0.25) is 5.02 Å². The van der Waals surface area contributed by atoms with Gasteiger partial charge in [0, 0.05) is 41.8 Å². The van der Waals surface area contributed by atoms with Gasteiger partial charge in [-0.05, 0) is 55.8 Å². The van der Waals surface area contributed by atoms with Crippen LogP contribution >= 0.6 is 23.4 Å². The molecule has 8 heteroatoms. The summed E-state index contributed by atoms with van der Waals surface area (Å²) in [4.78, 5) is 12.5. The van der Waals surface area contributed by atoms with Gasteiger partial charge in [-0.1, -0.05) is 47.1 Å². The Balaban J connectivity index is 1.54. The lowest BCUT2D eigenvalue weighted by molar-refractivity contribution is -0.113. The lowest BCUT2D eigenvalue weighted by Gasteiger charge is -2.11. The number of anilines is 1. The van der Waals surface area contributed by atoms with Crippen molar-refractivity contribution >= 4 is 35.0 Å². The van der Waals surface area contributed by atoms with Gasteiger partial charge in [0.15, 0.2) is 5.16 Å². The SMILES string of the molecule is Cc1ccc(-n2c(Cc3cccn3C)nnc2SCC(=O)Nc2ccc(C)c(Cl)c2)cc1. The second-order valence-corrected chi connectivity index (χ2v) is 9.01. The highest BCUT2D eigenvalue weighted by Gasteiger charge is 2.17. The first-order valence-corrected chi connectivity index (χ1v) is 11.6. The topological polar surface area (TPSA) is 64.7 Å². The summed E-state index contributed by atoms with van der Waals surface area (Å²) < 4.78 is 4.09. The van der Waals surface area contributed by atoms with E-state index in [-0.39, 0.29) is 11.7 Å². The molecule has 0 aliphatic heterocycles. The smallest absolute Gasteiger partial charge is 0.234 e. The zero-order chi connectivity index (χ0) is 22.7. The van der Waals surface area contributed by atoms with E-state index in [0.29, 0.717) is 22.3 Å². The van der Waals surface area contributed by atoms with E-state index >= 15 is 0 Å². The highest BCUT2D eigenvalue weighted by atomic mass is 35.5. The number of carbonyl (C=O) groups excluding carboxylic acids is 1. The molecule has 0 bridgehead atoms. The maximum atomic E-state index is 12.5. The number of halogens is 1. The lowest BCUT2D eigenvalue weighted by atomic mass is 10.2. The van der Waals surface area contributed by atoms with Crippen molar-refractivity contribution in [3.05, 3.63) is 88.5 Å². The summed E-state index contributed by atoms with van der Waals surface area (Å²) in [6.45, 7) is 3.98. The largest absolute Gasteiger partial charge is 0.354 e. The van der Waals surface area contributed by atoms with Crippen molar-refractivity contribution < 1.29 is 4.79 Å². The predicted octanol–water partition coefficient (Wildman–Crippen LogP) is 5.20. The average Bonchev–Trinajstić information content (AvgIpc) is 3.36. The minimum atomic E-state index is -0.127. The highest BCUT2D eigenvalue weighted by molar-refractivity contribution is 7.99. The second kappa shape index (κ2) is 9.63. The van der Waals surface area contributed by atoms with E-state index in [1.807, 2.05) is 55.1 Å². The van der Waals surface area contributed by atoms with E-state index in [1.165, 1.54) is 17.3 Å². The molecule has 2 aromatic carbocycles. The van der Waals surface area contributed by atoms with Crippen molar-refractivity contribution in [3.8, 4) is 5.69 Å². The van der Waals surface area contributed by atoms with Gasteiger partial charge in [0.2, 0.25) is 5.91 Å². The molecule has 2 heterocycles. The Morgan fingerprint density at radius 3 is 2.56 bits per heavy atom. The van der Waals surface area contributed by atoms with Gasteiger partial charge in [0.1, 0.15) is 5.82 Å². The normalized spacial score (nSPS) is 11.0. The standard InChI is InChI=1S/C24H24ClN5OS/c1-16-6-10-19(11-7-16)30-22(14-20-5-4-12-29(20)3)27-28-24(30)32-15-23(31)26-18-9-8-17(2)21(25)13-18/h4-13H,14-15H2,1-3H3,(H,26,31). The molecule has 4 aromatic rings. The molecule has 2 aromatic heterocycles. The molecule has 4 rings (SSSR count). The molecule has 0 radical (unpaired) electrons. The van der Waals surface area contributed by atoms with E-state index in [1.54, 1.807) is 6.07 Å². The molecule has 1 amide bonds. The van der Waals surface area contributed by atoms with Crippen molar-refractivity contribution in [3.63, 3.8) is 0 Å². The Morgan fingerprint density at radius 1 is 1.09 bits per heavy atom. The van der Waals surface area contributed by atoms with Crippen molar-refractivity contribution in [1.29, 1.82) is 0 Å². The van der Waals surface area contributed by atoms with Gasteiger partial charge in [-0.3, -0.25) is 9.36 Å². The van der Waals surface area contributed by atoms with Gasteiger partial charge in [-0.25, -0.2) is 0 Å². The molecule has 0 unspecified atom stereocenters. The van der Waals surface area contributed by atoms with Gasteiger partial charge in [0.05, 0.1) is 5.75 Å². The number of benzene rings is 2. The Hall–Kier alpha value is -3.03. The van der Waals surface area contributed by atoms with Gasteiger partial charge in [-0.2, -0.15) is 0 Å². The van der Waals surface area contributed by atoms with E-state index in [9.17, 15) is 4.79 Å². The highest BCUT2D eigenvalue weighted by Crippen LogP contribution is 2.25. The van der Waals surface area contributed by atoms with Crippen LogP contribution in [0.25, 0.3) is 5.69 Å². The summed E-state index contributed by atoms with van der Waals surface area (Å²) in [7, 11) is 2.01. The van der Waals surface area contributed by atoms with Crippen LogP contribution in [0.15, 0.2) is 66.0 Å². The van der Waals surface area contributed by atoms with E-state index in [2.05, 4.69) is 45.2 Å². The zero-order valence-corrected chi connectivity index (χ0v) is 19.7. The third-order valence-corrected chi connectivity index (χ3v) is 6.51. The molecular formula is C24H24ClN5OS. The van der Waals surface area contributed by atoms with Crippen LogP contribution in [0.1, 0.15) is 22.6 Å². The Bertz CT molecular complexity index is 1250. The minimum absolute atomic E-state index is 0.127. The first-order chi connectivity index (χ1) is 15.4. The molecule has 6 nitrogen and oxygen atoms in total. The molecule has 0 spiro atoms. The van der Waals surface area contributed by atoms with E-state index < -0.39 is 0 Å². The van der Waals surface area contributed by atoms with E-state index in [4.69, 9.17) is 11.6 Å². The van der Waals surface area contributed by atoms with Gasteiger partial charge < -0.3 is 9.88 Å². The van der Waals surface area contributed by atoms with Gasteiger partial charge >= 0.3 is 0 Å². The summed E-state index contributed by atoms with van der Waals surface area (Å²) in [6, 6.07) is 17.8. The van der Waals surface area contributed by atoms with Crippen LogP contribution in [0, 0.1) is 13.8 Å². The summed E-state index contributed by atoms with van der Waals surface area (Å²) in [6.07, 6.45) is 2.65. The van der Waals surface area contributed by atoms with Crippen molar-refractivity contribution in [2.75, 3.05) is 11.1 Å². The number of thioether (sulfide) groups is 1. The maximum Gasteiger partial charge on any atom is 0.234 e. The van der Waals surface area contributed by atoms with Gasteiger partial charge in [-0.15, -0.1) is 10.2 Å². The fourth-order valence-corrected chi connectivity index (χ4v) is 4.25. The second-order valence-electron chi connectivity index (χ2n) is 7.66. The van der Waals surface area contributed by atoms with Crippen LogP contribution < -0.4 is 5.32 Å². The number of carbonyl (C=O) groups is 1. The van der Waals surface area contributed by atoms with Crippen LogP contribution in [0.4, 0.5) is 5.69 Å². The number of hydrogen-bond donors (Lipinski definition) is 1. The Labute approximate surface area is 196 Å². The third kappa shape index (κ3) is 5.06. The number of nitrogens with zero attached hydrogens (tertiary/aromatic N) is 4. The van der Waals surface area contributed by atoms with Gasteiger partial charge in [0.25, 0.3) is 0 Å². The molecule has 0 fully saturated rings. The molecular weight excluding hydrogens is 442 g/mol. The molecule has 0 atom stereocenters. The summed E-state index contributed by atoms with van der Waals surface area (Å²) >= 11 is 7.52. The average molecular weight is 466 g/mol. The minimum Gasteiger partial charge on any atom is -0.354 e. The van der Waals surface area contributed by atoms with Crippen molar-refractivity contribution in [2.45, 2.75) is 25.4 Å². The van der Waals surface area contributed by atoms with Crippen LogP contribution in [0.5, 0.6) is 0 Å². The molecule has 164 valence electrons. The predicted molar refractivity (Wildman–Crippen MR) is 130 cm³/mol. The van der Waals surface area contributed by atoms with Crippen LogP contribution in [-0.2, 0) is 18.3 Å². The van der Waals surface area contributed by atoms with Crippen molar-refractivity contribution in [1.82, 2.24) is 19.3 Å². The Morgan fingerprint density at radius 2 is 1.88 bits per heavy atom. The molecule has 0 saturated carbocycles. The quantitative estimate of drug-likeness (QED) is 0.381. The number of hydrogen-bond acceptors (Lipinski definition) is 4. The molecule has 1 N–H and O–H groups in total. The van der Waals surface area contributed by atoms with Crippen molar-refractivity contribution in [2.24, 2.45) is 7.05 Å². The fourth-order valence-electron chi connectivity index (χ4n) is 3.30. The van der Waals surface area contributed by atoms with Crippen LogP contribution in [-0.4, -0.2) is 31.0 Å². The fraction of sp³-hybridized carbons (Fsp3) is 0.208. The lowest BCUT2D eigenvalue weighted by Crippen LogP contribution is -2.14. The number of amides is 1. The molecule has 32 heavy (non-hydrogen) atoms. The third-order valence-electron chi connectivity index (χ3n) is 5.17. The number of aromatic nitrogens is 4. The summed E-state index contributed by atoms with van der Waals surface area (Å²) in [5, 5.41) is 13.0. The number of aryl methyl sites for hydroxylation is 3. The Kier molecular flexibility index (Phi) is 6.67. The summed E-state index contributed by atoms with van der Waals surface area (Å²) in [5.41, 5.74) is 4.93. The summed E-state index contributed by atoms with van der Waals surface area (Å²) in [5.74, 6) is 0.904. The number of rotatable bonds is 7. The maximum absolute atomic E-state index is 12.5. The number of nitrogens with one attached hydrogen (secondary N) is 1. The first kappa shape index (κ1) is 22.2. The zero-order valence-electron chi connectivity index (χ0n) is 18.2. The first-order valence-electron chi connectivity index (χ1n) is 10.2. The molecule has 0 aliphatic carbocycles.